The summed E-state index contributed by atoms with van der Waals surface area (Å²) in [6.45, 7) is 2.06. The summed E-state index contributed by atoms with van der Waals surface area (Å²) in [5, 5.41) is 26.4. The molecule has 1 saturated heterocycles. The third-order valence-electron chi connectivity index (χ3n) is 11.1. The smallest absolute Gasteiger partial charge is 0.386 e. The number of ether oxygens (including phenoxy) is 1. The Kier molecular flexibility index (Phi) is 18.5. The molecule has 25 nitrogen and oxygen atoms in total. The average Bonchev–Trinajstić information content (AvgIpc) is 3.94. The highest BCUT2D eigenvalue weighted by Crippen LogP contribution is 2.61. The highest BCUT2D eigenvalue weighted by atomic mass is 32.2. The lowest BCUT2D eigenvalue weighted by Crippen LogP contribution is -2.46. The van der Waals surface area contributed by atoms with Gasteiger partial charge in [0, 0.05) is 59.0 Å². The SMILES string of the molecule is CC1=C(CC(=O)SCCNC(=O)CCNC(=O)C(O)C(C)(C)COP(=O)(O)OP(=O)(O)OCC2OC(n3cnc4c(N)ncnc43)C(O)C2OP(=O)(O)O)c2cc(F)ccc2/C1=C\c1ccc(S(C)=O)cc1. The molecule has 0 spiro atoms. The van der Waals surface area contributed by atoms with Gasteiger partial charge in [0.05, 0.1) is 19.5 Å². The summed E-state index contributed by atoms with van der Waals surface area (Å²) in [7, 11) is -17.7. The number of carbonyl (C=O) groups excluding carboxylic acids is 3. The van der Waals surface area contributed by atoms with E-state index < -0.39 is 101 Å². The van der Waals surface area contributed by atoms with E-state index in [1.807, 2.05) is 25.1 Å². The summed E-state index contributed by atoms with van der Waals surface area (Å²) in [5.74, 6) is -1.84. The van der Waals surface area contributed by atoms with Gasteiger partial charge in [-0.25, -0.2) is 33.0 Å². The lowest BCUT2D eigenvalue weighted by molar-refractivity contribution is -0.137. The molecule has 4 aromatic rings. The van der Waals surface area contributed by atoms with Crippen LogP contribution in [0.3, 0.4) is 0 Å². The van der Waals surface area contributed by atoms with Crippen LogP contribution < -0.4 is 16.4 Å². The van der Waals surface area contributed by atoms with Crippen molar-refractivity contribution in [3.63, 3.8) is 0 Å². The number of benzene rings is 2. The van der Waals surface area contributed by atoms with Crippen molar-refractivity contribution in [3.05, 3.63) is 83.2 Å². The largest absolute Gasteiger partial charge is 0.481 e. The van der Waals surface area contributed by atoms with Crippen LogP contribution in [-0.4, -0.2) is 133 Å². The Hall–Kier alpha value is -4.44. The van der Waals surface area contributed by atoms with E-state index in [1.165, 1.54) is 26.0 Å². The second kappa shape index (κ2) is 23.4. The van der Waals surface area contributed by atoms with Crippen LogP contribution in [0.15, 0.2) is 65.6 Å². The fourth-order valence-electron chi connectivity index (χ4n) is 7.39. The first-order valence-electron chi connectivity index (χ1n) is 21.4. The number of rotatable bonds is 23. The molecule has 2 aliphatic rings. The number of imidazole rings is 1. The molecule has 3 heterocycles. The molecule has 0 radical (unpaired) electrons. The lowest BCUT2D eigenvalue weighted by atomic mass is 9.87. The molecule has 72 heavy (non-hydrogen) atoms. The monoisotopic (exact) mass is 1110 g/mol. The Balaban J connectivity index is 0.918. The van der Waals surface area contributed by atoms with Crippen molar-refractivity contribution in [2.75, 3.05) is 44.0 Å². The van der Waals surface area contributed by atoms with Crippen molar-refractivity contribution in [1.82, 2.24) is 30.2 Å². The van der Waals surface area contributed by atoms with E-state index in [2.05, 4.69) is 34.4 Å². The van der Waals surface area contributed by atoms with Crippen LogP contribution in [0, 0.1) is 11.2 Å². The Morgan fingerprint density at radius 2 is 1.71 bits per heavy atom. The Morgan fingerprint density at radius 3 is 2.39 bits per heavy atom. The average molecular weight is 1110 g/mol. The van der Waals surface area contributed by atoms with Crippen LogP contribution in [0.2, 0.25) is 0 Å². The van der Waals surface area contributed by atoms with Crippen LogP contribution in [0.1, 0.15) is 56.5 Å². The molecule has 2 aromatic carbocycles. The fourth-order valence-corrected chi connectivity index (χ4v) is 11.4. The standard InChI is InChI=1S/C41H51FN7O18P3S2/c1-22-27(15-23-5-8-25(9-6-23)72(4)62)26-10-7-24(42)16-29(26)28(22)17-32(51)71-14-13-44-31(50)11-12-45-39(54)36(53)41(2,3)19-64-70(60,61)67-69(58,59)63-18-30-35(66-68(55,56)57)34(52)40(65-30)49-21-48-33-37(43)46-20-47-38(33)49/h5-10,15-16,20-21,30,34-36,40,52-53H,11-14,17-19H2,1-4H3,(H,44,50)(H,45,54)(H,58,59)(H,60,61)(H2,43,46,47)(H2,55,56,57)/b27-15-. The van der Waals surface area contributed by atoms with Crippen LogP contribution in [0.5, 0.6) is 0 Å². The maximum Gasteiger partial charge on any atom is 0.481 e. The number of fused-ring (bicyclic) bond motifs is 2. The number of nitrogens with zero attached hydrogens (tertiary/aromatic N) is 4. The van der Waals surface area contributed by atoms with E-state index in [0.29, 0.717) is 16.0 Å². The number of aromatic nitrogens is 4. The van der Waals surface area contributed by atoms with Crippen LogP contribution in [-0.2, 0) is 61.5 Å². The van der Waals surface area contributed by atoms with Crippen molar-refractivity contribution in [2.45, 2.75) is 69.2 Å². The molecule has 0 bridgehead atoms. The van der Waals surface area contributed by atoms with E-state index >= 15 is 0 Å². The molecule has 1 aliphatic heterocycles. The van der Waals surface area contributed by atoms with Crippen molar-refractivity contribution in [3.8, 4) is 0 Å². The van der Waals surface area contributed by atoms with Gasteiger partial charge in [-0.2, -0.15) is 4.31 Å². The van der Waals surface area contributed by atoms with E-state index in [1.54, 1.807) is 24.5 Å². The summed E-state index contributed by atoms with van der Waals surface area (Å²) < 4.78 is 88.8. The maximum atomic E-state index is 14.4. The van der Waals surface area contributed by atoms with Gasteiger partial charge >= 0.3 is 23.5 Å². The molecule has 392 valence electrons. The molecule has 10 N–H and O–H groups in total. The number of carbonyl (C=O) groups is 3. The fraction of sp³-hybridized carbons (Fsp3) is 0.415. The molecule has 0 saturated carbocycles. The Labute approximate surface area is 416 Å². The van der Waals surface area contributed by atoms with Crippen molar-refractivity contribution < 1.29 is 89.1 Å². The van der Waals surface area contributed by atoms with E-state index in [0.717, 1.165) is 51.3 Å². The van der Waals surface area contributed by atoms with Crippen molar-refractivity contribution in [2.24, 2.45) is 5.41 Å². The molecular formula is C41H51FN7O18P3S2. The summed E-state index contributed by atoms with van der Waals surface area (Å²) in [4.78, 5) is 90.4. The summed E-state index contributed by atoms with van der Waals surface area (Å²) in [5.41, 5.74) is 8.70. The maximum absolute atomic E-state index is 14.4. The second-order valence-electron chi connectivity index (χ2n) is 16.8. The quantitative estimate of drug-likeness (QED) is 0.0381. The molecule has 8 atom stereocenters. The Morgan fingerprint density at radius 1 is 1.01 bits per heavy atom. The van der Waals surface area contributed by atoms with Gasteiger partial charge in [0.25, 0.3) is 0 Å². The zero-order valence-corrected chi connectivity index (χ0v) is 42.9. The summed E-state index contributed by atoms with van der Waals surface area (Å²) in [6.07, 6.45) is -3.65. The van der Waals surface area contributed by atoms with Gasteiger partial charge < -0.3 is 50.9 Å². The molecule has 6 rings (SSSR count). The topological polar surface area (TPSA) is 381 Å². The third-order valence-corrected chi connectivity index (χ3v) is 16.0. The highest BCUT2D eigenvalue weighted by molar-refractivity contribution is 8.13. The van der Waals surface area contributed by atoms with Crippen LogP contribution in [0.4, 0.5) is 10.2 Å². The number of nitrogens with two attached hydrogens (primary N) is 1. The molecule has 2 aromatic heterocycles. The number of phosphoric ester groups is 3. The van der Waals surface area contributed by atoms with Gasteiger partial charge in [-0.15, -0.1) is 0 Å². The zero-order chi connectivity index (χ0) is 52.9. The number of nitrogens with one attached hydrogen (secondary N) is 2. The highest BCUT2D eigenvalue weighted by Gasteiger charge is 2.50. The molecular weight excluding hydrogens is 1050 g/mol. The number of thioether (sulfide) groups is 1. The number of aliphatic hydroxyl groups excluding tert-OH is 2. The second-order valence-corrected chi connectivity index (χ2v) is 23.6. The van der Waals surface area contributed by atoms with E-state index in [-0.39, 0.29) is 53.8 Å². The summed E-state index contributed by atoms with van der Waals surface area (Å²) in [6, 6.07) is 11.6. The summed E-state index contributed by atoms with van der Waals surface area (Å²) >= 11 is 0.971. The number of phosphoric acid groups is 3. The van der Waals surface area contributed by atoms with Gasteiger partial charge in [0.15, 0.2) is 22.8 Å². The van der Waals surface area contributed by atoms with Crippen molar-refractivity contribution >= 4 is 97.2 Å². The normalized spacial score (nSPS) is 21.3. The number of allylic oxidation sites excluding steroid dienone is 3. The van der Waals surface area contributed by atoms with Gasteiger partial charge in [-0.05, 0) is 70.7 Å². The molecule has 8 unspecified atom stereocenters. The minimum Gasteiger partial charge on any atom is -0.386 e. The first-order valence-corrected chi connectivity index (χ1v) is 28.4. The number of aliphatic hydroxyl groups is 2. The van der Waals surface area contributed by atoms with Gasteiger partial charge in [-0.1, -0.05) is 43.8 Å². The first-order chi connectivity index (χ1) is 33.6. The zero-order valence-electron chi connectivity index (χ0n) is 38.6. The van der Waals surface area contributed by atoms with Gasteiger partial charge in [0.1, 0.15) is 42.1 Å². The Bertz CT molecular complexity index is 2940. The van der Waals surface area contributed by atoms with E-state index in [4.69, 9.17) is 19.5 Å². The van der Waals surface area contributed by atoms with E-state index in [9.17, 15) is 66.5 Å². The third kappa shape index (κ3) is 14.7. The van der Waals surface area contributed by atoms with Gasteiger partial charge in [0.2, 0.25) is 11.8 Å². The lowest BCUT2D eigenvalue weighted by Gasteiger charge is -2.30. The van der Waals surface area contributed by atoms with Crippen LogP contribution >= 0.6 is 35.2 Å². The minimum atomic E-state index is -5.62. The minimum absolute atomic E-state index is 0.00607. The van der Waals surface area contributed by atoms with Gasteiger partial charge in [-0.3, -0.25) is 36.7 Å². The predicted molar refractivity (Wildman–Crippen MR) is 257 cm³/mol. The predicted octanol–water partition coefficient (Wildman–Crippen LogP) is 2.96. The first kappa shape index (κ1) is 56.8. The molecule has 1 aliphatic carbocycles. The van der Waals surface area contributed by atoms with Crippen LogP contribution in [0.25, 0.3) is 28.4 Å². The number of hydrogen-bond donors (Lipinski definition) is 9. The molecule has 2 amide bonds. The molecule has 1 fully saturated rings. The number of amides is 2. The van der Waals surface area contributed by atoms with Crippen molar-refractivity contribution in [1.29, 1.82) is 0 Å². The number of anilines is 1. The number of halogens is 1. The molecule has 31 heteroatoms. The number of nitrogen functional groups attached to an aromatic ring is 1. The number of hydrogen-bond acceptors (Lipinski definition) is 19.